The molecule has 26 heavy (non-hydrogen) atoms. The maximum Gasteiger partial charge on any atom is 0.337 e. The van der Waals surface area contributed by atoms with E-state index in [0.29, 0.717) is 17.4 Å². The van der Waals surface area contributed by atoms with Gasteiger partial charge in [0.2, 0.25) is 0 Å². The molecule has 1 aromatic rings. The zero-order valence-electron chi connectivity index (χ0n) is 16.8. The van der Waals surface area contributed by atoms with E-state index in [9.17, 15) is 9.90 Å². The number of hydrogen-bond acceptors (Lipinski definition) is 3. The van der Waals surface area contributed by atoms with Crippen LogP contribution in [0.4, 0.5) is 0 Å². The van der Waals surface area contributed by atoms with Gasteiger partial charge in [-0.3, -0.25) is 0 Å². The Morgan fingerprint density at radius 1 is 1.31 bits per heavy atom. The van der Waals surface area contributed by atoms with Crippen LogP contribution in [0, 0.1) is 22.7 Å². The van der Waals surface area contributed by atoms with Crippen molar-refractivity contribution < 1.29 is 14.6 Å². The number of ether oxygens (including phenoxy) is 1. The number of phenols is 1. The molecule has 4 atom stereocenters. The second-order valence-electron chi connectivity index (χ2n) is 8.89. The van der Waals surface area contributed by atoms with Crippen LogP contribution in [-0.4, -0.2) is 18.2 Å². The van der Waals surface area contributed by atoms with E-state index in [4.69, 9.17) is 4.74 Å². The van der Waals surface area contributed by atoms with E-state index in [-0.39, 0.29) is 22.5 Å². The minimum atomic E-state index is -0.352. The van der Waals surface area contributed by atoms with Crippen LogP contribution in [0.25, 0.3) is 0 Å². The maximum atomic E-state index is 11.9. The molecule has 0 aromatic heterocycles. The van der Waals surface area contributed by atoms with Crippen LogP contribution < -0.4 is 0 Å². The zero-order valence-corrected chi connectivity index (χ0v) is 16.8. The summed E-state index contributed by atoms with van der Waals surface area (Å²) in [6.07, 6.45) is 7.99. The molecule has 0 spiro atoms. The van der Waals surface area contributed by atoms with Gasteiger partial charge < -0.3 is 9.84 Å². The number of carbonyl (C=O) groups is 1. The fourth-order valence-electron chi connectivity index (χ4n) is 5.59. The minimum absolute atomic E-state index is 0.0920. The van der Waals surface area contributed by atoms with Gasteiger partial charge in [-0.1, -0.05) is 32.4 Å². The van der Waals surface area contributed by atoms with E-state index >= 15 is 0 Å². The van der Waals surface area contributed by atoms with Crippen LogP contribution >= 0.6 is 0 Å². The van der Waals surface area contributed by atoms with Gasteiger partial charge in [0, 0.05) is 0 Å². The summed E-state index contributed by atoms with van der Waals surface area (Å²) in [5.74, 6) is 1.09. The lowest BCUT2D eigenvalue weighted by Crippen LogP contribution is -2.50. The molecule has 3 rings (SSSR count). The van der Waals surface area contributed by atoms with Gasteiger partial charge in [0.15, 0.2) is 0 Å². The van der Waals surface area contributed by atoms with Gasteiger partial charge in [0.25, 0.3) is 0 Å². The third-order valence-corrected chi connectivity index (χ3v) is 7.67. The summed E-state index contributed by atoms with van der Waals surface area (Å²) in [6, 6.07) is 5.08. The highest BCUT2D eigenvalue weighted by molar-refractivity contribution is 5.89. The molecule has 3 heteroatoms. The molecular weight excluding hydrogens is 324 g/mol. The normalized spacial score (nSPS) is 34.0. The standard InChI is InChI=1S/C23H32O3/c1-15-7-6-8-20-22(15,3)12-11-16(2)23(20,4)14-18-13-17(21(25)26-5)9-10-19(18)24/h7,9-10,13,16,20,24H,6,8,11-12,14H2,1-5H3/t16-,20+,22+,23+/m0/s1. The summed E-state index contributed by atoms with van der Waals surface area (Å²) in [5.41, 5.74) is 3.23. The topological polar surface area (TPSA) is 46.5 Å². The van der Waals surface area contributed by atoms with Crippen molar-refractivity contribution in [2.75, 3.05) is 7.11 Å². The van der Waals surface area contributed by atoms with Crippen molar-refractivity contribution in [1.29, 1.82) is 0 Å². The fourth-order valence-corrected chi connectivity index (χ4v) is 5.59. The van der Waals surface area contributed by atoms with Crippen LogP contribution in [-0.2, 0) is 11.2 Å². The lowest BCUT2D eigenvalue weighted by Gasteiger charge is -2.58. The summed E-state index contributed by atoms with van der Waals surface area (Å²) >= 11 is 0. The van der Waals surface area contributed by atoms with Gasteiger partial charge in [0.05, 0.1) is 12.7 Å². The molecule has 0 bridgehead atoms. The second-order valence-corrected chi connectivity index (χ2v) is 8.89. The quantitative estimate of drug-likeness (QED) is 0.573. The Kier molecular flexibility index (Phi) is 4.94. The number of rotatable bonds is 3. The molecule has 1 aromatic carbocycles. The number of aromatic hydroxyl groups is 1. The highest BCUT2D eigenvalue weighted by atomic mass is 16.5. The first-order chi connectivity index (χ1) is 12.2. The Bertz CT molecular complexity index is 735. The van der Waals surface area contributed by atoms with Crippen LogP contribution in [0.1, 0.15) is 69.3 Å². The summed E-state index contributed by atoms with van der Waals surface area (Å²) in [7, 11) is 1.39. The number of methoxy groups -OCH3 is 1. The van der Waals surface area contributed by atoms with Crippen molar-refractivity contribution in [3.05, 3.63) is 41.0 Å². The van der Waals surface area contributed by atoms with Gasteiger partial charge in [-0.25, -0.2) is 4.79 Å². The number of hydrogen-bond donors (Lipinski definition) is 1. The molecule has 0 heterocycles. The first-order valence-corrected chi connectivity index (χ1v) is 9.80. The monoisotopic (exact) mass is 356 g/mol. The molecule has 1 fully saturated rings. The maximum absolute atomic E-state index is 11.9. The average Bonchev–Trinajstić information content (AvgIpc) is 2.62. The first kappa shape index (κ1) is 19.0. The van der Waals surface area contributed by atoms with E-state index in [1.165, 1.54) is 31.9 Å². The summed E-state index contributed by atoms with van der Waals surface area (Å²) in [5, 5.41) is 10.5. The van der Waals surface area contributed by atoms with E-state index in [0.717, 1.165) is 18.4 Å². The molecule has 142 valence electrons. The van der Waals surface area contributed by atoms with Crippen molar-refractivity contribution in [3.63, 3.8) is 0 Å². The van der Waals surface area contributed by atoms with E-state index < -0.39 is 0 Å². The molecule has 0 unspecified atom stereocenters. The number of esters is 1. The summed E-state index contributed by atoms with van der Waals surface area (Å²) < 4.78 is 4.86. The lowest BCUT2D eigenvalue weighted by atomic mass is 9.47. The van der Waals surface area contributed by atoms with Crippen LogP contribution in [0.2, 0.25) is 0 Å². The highest BCUT2D eigenvalue weighted by Crippen LogP contribution is 2.61. The number of benzene rings is 1. The third kappa shape index (κ3) is 2.95. The van der Waals surface area contributed by atoms with Gasteiger partial charge in [-0.2, -0.15) is 0 Å². The van der Waals surface area contributed by atoms with Crippen molar-refractivity contribution in [2.45, 2.75) is 59.8 Å². The Balaban J connectivity index is 1.99. The Hall–Kier alpha value is -1.77. The Labute approximate surface area is 157 Å². The number of fused-ring (bicyclic) bond motifs is 1. The van der Waals surface area contributed by atoms with Crippen molar-refractivity contribution in [2.24, 2.45) is 22.7 Å². The molecule has 1 N–H and O–H groups in total. The smallest absolute Gasteiger partial charge is 0.337 e. The molecule has 0 saturated heterocycles. The molecule has 1 saturated carbocycles. The summed E-state index contributed by atoms with van der Waals surface area (Å²) in [6.45, 7) is 9.46. The van der Waals surface area contributed by atoms with Gasteiger partial charge in [0.1, 0.15) is 5.75 Å². The third-order valence-electron chi connectivity index (χ3n) is 7.67. The van der Waals surface area contributed by atoms with E-state index in [2.05, 4.69) is 33.8 Å². The number of phenolic OH excluding ortho intramolecular Hbond substituents is 1. The number of allylic oxidation sites excluding steroid dienone is 2. The molecular formula is C23H32O3. The van der Waals surface area contributed by atoms with Crippen molar-refractivity contribution in [1.82, 2.24) is 0 Å². The lowest BCUT2D eigenvalue weighted by molar-refractivity contribution is -0.0412. The average molecular weight is 357 g/mol. The largest absolute Gasteiger partial charge is 0.508 e. The van der Waals surface area contributed by atoms with Crippen molar-refractivity contribution >= 4 is 5.97 Å². The minimum Gasteiger partial charge on any atom is -0.508 e. The second kappa shape index (κ2) is 6.75. The van der Waals surface area contributed by atoms with Crippen molar-refractivity contribution in [3.8, 4) is 5.75 Å². The van der Waals surface area contributed by atoms with Gasteiger partial charge in [-0.05, 0) is 85.5 Å². The van der Waals surface area contributed by atoms with E-state index in [1.807, 2.05) is 6.07 Å². The molecule has 2 aliphatic carbocycles. The molecule has 2 aliphatic rings. The zero-order chi connectivity index (χ0) is 19.1. The molecule has 3 nitrogen and oxygen atoms in total. The van der Waals surface area contributed by atoms with Gasteiger partial charge in [-0.15, -0.1) is 0 Å². The van der Waals surface area contributed by atoms with E-state index in [1.54, 1.807) is 12.1 Å². The summed E-state index contributed by atoms with van der Waals surface area (Å²) in [4.78, 5) is 11.9. The predicted octanol–water partition coefficient (Wildman–Crippen LogP) is 5.52. The molecule has 0 radical (unpaired) electrons. The Morgan fingerprint density at radius 2 is 2.04 bits per heavy atom. The predicted molar refractivity (Wildman–Crippen MR) is 104 cm³/mol. The molecule has 0 amide bonds. The number of carbonyl (C=O) groups excluding carboxylic acids is 1. The SMILES string of the molecule is COC(=O)c1ccc(O)c(C[C@]2(C)[C@@H](C)CC[C@]3(C)C(C)=CCC[C@@H]23)c1. The van der Waals surface area contributed by atoms with Crippen LogP contribution in [0.15, 0.2) is 29.8 Å². The first-order valence-electron chi connectivity index (χ1n) is 9.80. The van der Waals surface area contributed by atoms with Crippen LogP contribution in [0.3, 0.4) is 0 Å². The fraction of sp³-hybridized carbons (Fsp3) is 0.609. The highest BCUT2D eigenvalue weighted by Gasteiger charge is 2.53. The molecule has 0 aliphatic heterocycles. The Morgan fingerprint density at radius 3 is 2.73 bits per heavy atom. The van der Waals surface area contributed by atoms with Gasteiger partial charge >= 0.3 is 5.97 Å². The van der Waals surface area contributed by atoms with Crippen LogP contribution in [0.5, 0.6) is 5.75 Å².